The molecular weight excluding hydrogens is 327 g/mol. The molecule has 2 heterocycles. The molecular formula is C10H8F3N5OS2. The highest BCUT2D eigenvalue weighted by Gasteiger charge is 2.35. The van der Waals surface area contributed by atoms with Gasteiger partial charge in [-0.05, 0) is 13.0 Å². The van der Waals surface area contributed by atoms with Gasteiger partial charge >= 0.3 is 6.18 Å². The Morgan fingerprint density at radius 1 is 1.43 bits per heavy atom. The summed E-state index contributed by atoms with van der Waals surface area (Å²) in [4.78, 5) is 19.6. The van der Waals surface area contributed by atoms with Crippen LogP contribution in [0.3, 0.4) is 0 Å². The highest BCUT2D eigenvalue weighted by atomic mass is 32.2. The summed E-state index contributed by atoms with van der Waals surface area (Å²) in [7, 11) is 0. The number of carbonyl (C=O) groups is 1. The van der Waals surface area contributed by atoms with Gasteiger partial charge in [0, 0.05) is 11.9 Å². The van der Waals surface area contributed by atoms with Gasteiger partial charge in [0.05, 0.1) is 5.75 Å². The summed E-state index contributed by atoms with van der Waals surface area (Å²) in [6, 6.07) is 1.71. The maximum absolute atomic E-state index is 12.3. The number of halogens is 3. The molecule has 0 fully saturated rings. The molecule has 0 atom stereocenters. The number of nitrogens with zero attached hydrogens (tertiary/aromatic N) is 4. The minimum absolute atomic E-state index is 0.0373. The third kappa shape index (κ3) is 4.63. The first-order chi connectivity index (χ1) is 9.84. The molecule has 1 N–H and O–H groups in total. The van der Waals surface area contributed by atoms with Crippen molar-refractivity contribution in [3.8, 4) is 0 Å². The van der Waals surface area contributed by atoms with E-state index in [4.69, 9.17) is 0 Å². The zero-order chi connectivity index (χ0) is 15.5. The molecule has 0 unspecified atom stereocenters. The largest absolute Gasteiger partial charge is 0.445 e. The van der Waals surface area contributed by atoms with Crippen molar-refractivity contribution >= 4 is 34.1 Å². The average molecular weight is 335 g/mol. The number of aromatic nitrogens is 4. The summed E-state index contributed by atoms with van der Waals surface area (Å²) in [6.45, 7) is 1.78. The Bertz CT molecular complexity index is 646. The zero-order valence-electron chi connectivity index (χ0n) is 10.5. The van der Waals surface area contributed by atoms with Crippen molar-refractivity contribution < 1.29 is 18.0 Å². The van der Waals surface area contributed by atoms with Gasteiger partial charge in [0.25, 0.3) is 0 Å². The molecule has 6 nitrogen and oxygen atoms in total. The normalized spacial score (nSPS) is 11.4. The summed E-state index contributed by atoms with van der Waals surface area (Å²) < 4.78 is 37.0. The fraction of sp³-hybridized carbons (Fsp3) is 0.300. The van der Waals surface area contributed by atoms with Gasteiger partial charge in [0.15, 0.2) is 5.16 Å². The molecule has 0 aliphatic heterocycles. The highest BCUT2D eigenvalue weighted by molar-refractivity contribution is 7.99. The second-order valence-electron chi connectivity index (χ2n) is 3.73. The van der Waals surface area contributed by atoms with E-state index in [2.05, 4.69) is 25.5 Å². The van der Waals surface area contributed by atoms with E-state index in [0.717, 1.165) is 17.5 Å². The second kappa shape index (κ2) is 6.35. The number of anilines is 1. The Kier molecular flexibility index (Phi) is 4.73. The summed E-state index contributed by atoms with van der Waals surface area (Å²) in [5.74, 6) is -0.542. The molecule has 2 rings (SSSR count). The van der Waals surface area contributed by atoms with E-state index >= 15 is 0 Å². The first kappa shape index (κ1) is 15.6. The molecule has 0 aliphatic rings. The van der Waals surface area contributed by atoms with Crippen molar-refractivity contribution in [2.24, 2.45) is 0 Å². The number of amides is 1. The van der Waals surface area contributed by atoms with Crippen LogP contribution in [0.15, 0.2) is 17.4 Å². The number of rotatable bonds is 4. The predicted octanol–water partition coefficient (Wildman–Crippen LogP) is 2.39. The molecule has 0 spiro atoms. The van der Waals surface area contributed by atoms with Gasteiger partial charge in [-0.3, -0.25) is 10.1 Å². The van der Waals surface area contributed by atoms with Crippen LogP contribution in [0.1, 0.15) is 10.7 Å². The smallest absolute Gasteiger partial charge is 0.300 e. The lowest BCUT2D eigenvalue weighted by molar-refractivity contribution is -0.138. The van der Waals surface area contributed by atoms with Crippen LogP contribution >= 0.6 is 23.1 Å². The fourth-order valence-corrected chi connectivity index (χ4v) is 2.47. The van der Waals surface area contributed by atoms with Crippen LogP contribution in [0.25, 0.3) is 0 Å². The average Bonchev–Trinajstić information content (AvgIpc) is 2.85. The summed E-state index contributed by atoms with van der Waals surface area (Å²) in [6.07, 6.45) is -3.01. The molecule has 21 heavy (non-hydrogen) atoms. The Hall–Kier alpha value is -1.75. The SMILES string of the molecule is Cc1ccnc(SCC(=O)Nc2nnc(C(F)(F)F)s2)n1. The molecule has 0 aliphatic carbocycles. The molecule has 2 aromatic heterocycles. The van der Waals surface area contributed by atoms with Gasteiger partial charge < -0.3 is 0 Å². The van der Waals surface area contributed by atoms with E-state index in [1.54, 1.807) is 19.2 Å². The van der Waals surface area contributed by atoms with Crippen molar-refractivity contribution in [3.05, 3.63) is 23.0 Å². The van der Waals surface area contributed by atoms with Crippen LogP contribution in [0.2, 0.25) is 0 Å². The van der Waals surface area contributed by atoms with E-state index in [1.807, 2.05) is 0 Å². The van der Waals surface area contributed by atoms with Crippen LogP contribution in [-0.2, 0) is 11.0 Å². The molecule has 0 radical (unpaired) electrons. The topological polar surface area (TPSA) is 80.7 Å². The molecule has 0 saturated carbocycles. The maximum atomic E-state index is 12.3. The molecule has 112 valence electrons. The van der Waals surface area contributed by atoms with Gasteiger partial charge in [-0.1, -0.05) is 23.1 Å². The monoisotopic (exact) mass is 335 g/mol. The van der Waals surface area contributed by atoms with Gasteiger partial charge in [-0.25, -0.2) is 9.97 Å². The highest BCUT2D eigenvalue weighted by Crippen LogP contribution is 2.33. The summed E-state index contributed by atoms with van der Waals surface area (Å²) >= 11 is 1.35. The zero-order valence-corrected chi connectivity index (χ0v) is 12.1. The third-order valence-electron chi connectivity index (χ3n) is 2.02. The summed E-state index contributed by atoms with van der Waals surface area (Å²) in [5, 5.41) is 7.60. The van der Waals surface area contributed by atoms with Gasteiger partial charge in [-0.2, -0.15) is 13.2 Å². The van der Waals surface area contributed by atoms with Crippen molar-refractivity contribution in [2.75, 3.05) is 11.1 Å². The Labute approximate surface area is 125 Å². The molecule has 0 saturated heterocycles. The first-order valence-corrected chi connectivity index (χ1v) is 7.28. The molecule has 0 aromatic carbocycles. The van der Waals surface area contributed by atoms with Crippen molar-refractivity contribution in [2.45, 2.75) is 18.3 Å². The molecule has 11 heteroatoms. The lowest BCUT2D eigenvalue weighted by Gasteiger charge is -2.01. The quantitative estimate of drug-likeness (QED) is 0.682. The van der Waals surface area contributed by atoms with Crippen LogP contribution < -0.4 is 5.32 Å². The lowest BCUT2D eigenvalue weighted by Crippen LogP contribution is -2.14. The summed E-state index contributed by atoms with van der Waals surface area (Å²) in [5.41, 5.74) is 0.756. The van der Waals surface area contributed by atoms with Crippen LogP contribution in [0.4, 0.5) is 18.3 Å². The molecule has 0 bridgehead atoms. The number of thioether (sulfide) groups is 1. The number of aryl methyl sites for hydroxylation is 1. The minimum atomic E-state index is -4.56. The van der Waals surface area contributed by atoms with Crippen LogP contribution in [0.5, 0.6) is 0 Å². The van der Waals surface area contributed by atoms with E-state index in [1.165, 1.54) is 0 Å². The van der Waals surface area contributed by atoms with Crippen molar-refractivity contribution in [1.82, 2.24) is 20.2 Å². The van der Waals surface area contributed by atoms with E-state index in [-0.39, 0.29) is 22.2 Å². The number of hydrogen-bond donors (Lipinski definition) is 1. The van der Waals surface area contributed by atoms with Crippen LogP contribution in [0, 0.1) is 6.92 Å². The van der Waals surface area contributed by atoms with Gasteiger partial charge in [0.1, 0.15) is 0 Å². The second-order valence-corrected chi connectivity index (χ2v) is 5.65. The number of alkyl halides is 3. The standard InChI is InChI=1S/C10H8F3N5OS2/c1-5-2-3-14-8(15-5)20-4-6(19)16-9-18-17-7(21-9)10(11,12)13/h2-3H,4H2,1H3,(H,16,18,19). The van der Waals surface area contributed by atoms with E-state index < -0.39 is 17.1 Å². The maximum Gasteiger partial charge on any atom is 0.445 e. The fourth-order valence-electron chi connectivity index (χ4n) is 1.17. The number of hydrogen-bond acceptors (Lipinski definition) is 7. The minimum Gasteiger partial charge on any atom is -0.300 e. The van der Waals surface area contributed by atoms with Crippen molar-refractivity contribution in [1.29, 1.82) is 0 Å². The number of carbonyl (C=O) groups excluding carboxylic acids is 1. The first-order valence-electron chi connectivity index (χ1n) is 5.47. The lowest BCUT2D eigenvalue weighted by atomic mass is 10.5. The Morgan fingerprint density at radius 3 is 2.81 bits per heavy atom. The Morgan fingerprint density at radius 2 is 2.19 bits per heavy atom. The van der Waals surface area contributed by atoms with E-state index in [9.17, 15) is 18.0 Å². The van der Waals surface area contributed by atoms with Gasteiger partial charge in [-0.15, -0.1) is 10.2 Å². The molecule has 1 amide bonds. The Balaban J connectivity index is 1.89. The van der Waals surface area contributed by atoms with Crippen molar-refractivity contribution in [3.63, 3.8) is 0 Å². The van der Waals surface area contributed by atoms with Gasteiger partial charge in [0.2, 0.25) is 16.0 Å². The predicted molar refractivity (Wildman–Crippen MR) is 71.0 cm³/mol. The third-order valence-corrected chi connectivity index (χ3v) is 3.76. The van der Waals surface area contributed by atoms with Crippen LogP contribution in [-0.4, -0.2) is 31.8 Å². The molecule has 2 aromatic rings. The van der Waals surface area contributed by atoms with E-state index in [0.29, 0.717) is 5.16 Å². The number of nitrogens with one attached hydrogen (secondary N) is 1.